The van der Waals surface area contributed by atoms with Gasteiger partial charge < -0.3 is 29.0 Å². The van der Waals surface area contributed by atoms with Gasteiger partial charge in [-0.2, -0.15) is 4.52 Å². The van der Waals surface area contributed by atoms with Gasteiger partial charge in [-0.05, 0) is 24.3 Å². The van der Waals surface area contributed by atoms with Crippen LogP contribution in [0.5, 0.6) is 11.5 Å². The van der Waals surface area contributed by atoms with Gasteiger partial charge in [-0.25, -0.2) is 9.78 Å². The van der Waals surface area contributed by atoms with Crippen molar-refractivity contribution < 1.29 is 18.7 Å². The normalized spacial score (nSPS) is 13.8. The van der Waals surface area contributed by atoms with Gasteiger partial charge in [0.15, 0.2) is 10.8 Å². The van der Waals surface area contributed by atoms with Crippen LogP contribution in [-0.4, -0.2) is 65.9 Å². The van der Waals surface area contributed by atoms with Gasteiger partial charge in [0, 0.05) is 38.3 Å². The molecule has 1 saturated heterocycles. The lowest BCUT2D eigenvalue weighted by molar-refractivity contribution is 0.208. The van der Waals surface area contributed by atoms with Gasteiger partial charge in [0.25, 0.3) is 5.56 Å². The SMILES string of the molecule is COc1ccc(NC(=O)N2CCN(c3cc(=O)n4nc(-c5ccco5)sc4n3)CC2)c(OC)c1. The van der Waals surface area contributed by atoms with E-state index in [0.717, 1.165) is 0 Å². The van der Waals surface area contributed by atoms with Gasteiger partial charge in [-0.1, -0.05) is 11.3 Å². The Kier molecular flexibility index (Phi) is 5.80. The Morgan fingerprint density at radius 2 is 1.94 bits per heavy atom. The molecule has 0 spiro atoms. The van der Waals surface area contributed by atoms with E-state index in [9.17, 15) is 9.59 Å². The van der Waals surface area contributed by atoms with E-state index in [1.807, 2.05) is 4.90 Å². The third kappa shape index (κ3) is 4.15. The van der Waals surface area contributed by atoms with Crippen molar-refractivity contribution >= 4 is 33.8 Å². The summed E-state index contributed by atoms with van der Waals surface area (Å²) in [5, 5.41) is 7.79. The predicted molar refractivity (Wildman–Crippen MR) is 127 cm³/mol. The van der Waals surface area contributed by atoms with Crippen LogP contribution in [-0.2, 0) is 0 Å². The average molecular weight is 483 g/mol. The number of methoxy groups -OCH3 is 2. The Morgan fingerprint density at radius 3 is 2.65 bits per heavy atom. The molecule has 1 aliphatic rings. The Morgan fingerprint density at radius 1 is 1.12 bits per heavy atom. The van der Waals surface area contributed by atoms with Crippen LogP contribution >= 0.6 is 11.3 Å². The molecule has 11 nitrogen and oxygen atoms in total. The number of anilines is 2. The van der Waals surface area contributed by atoms with Crippen molar-refractivity contribution in [3.05, 3.63) is 53.0 Å². The lowest BCUT2D eigenvalue weighted by Gasteiger charge is -2.35. The minimum Gasteiger partial charge on any atom is -0.497 e. The van der Waals surface area contributed by atoms with E-state index in [-0.39, 0.29) is 11.6 Å². The fourth-order valence-corrected chi connectivity index (χ4v) is 4.56. The average Bonchev–Trinajstić information content (AvgIpc) is 3.54. The number of aromatic nitrogens is 3. The zero-order valence-corrected chi connectivity index (χ0v) is 19.4. The number of carbonyl (C=O) groups is 1. The van der Waals surface area contributed by atoms with Crippen LogP contribution < -0.4 is 25.2 Å². The first kappa shape index (κ1) is 21.8. The second-order valence-corrected chi connectivity index (χ2v) is 8.46. The summed E-state index contributed by atoms with van der Waals surface area (Å²) in [6.07, 6.45) is 1.56. The zero-order valence-electron chi connectivity index (χ0n) is 18.6. The van der Waals surface area contributed by atoms with Crippen molar-refractivity contribution in [3.63, 3.8) is 0 Å². The van der Waals surface area contributed by atoms with Crippen LogP contribution in [0.4, 0.5) is 16.3 Å². The number of piperazine rings is 1. The van der Waals surface area contributed by atoms with Crippen molar-refractivity contribution in [2.75, 3.05) is 50.6 Å². The third-order valence-electron chi connectivity index (χ3n) is 5.50. The number of rotatable bonds is 5. The first-order chi connectivity index (χ1) is 16.6. The molecule has 1 N–H and O–H groups in total. The summed E-state index contributed by atoms with van der Waals surface area (Å²) in [7, 11) is 3.11. The van der Waals surface area contributed by atoms with Crippen LogP contribution in [0.3, 0.4) is 0 Å². The Labute approximate surface area is 198 Å². The molecule has 4 heterocycles. The topological polar surface area (TPSA) is 114 Å². The second-order valence-electron chi connectivity index (χ2n) is 7.50. The van der Waals surface area contributed by atoms with Gasteiger partial charge in [0.2, 0.25) is 4.96 Å². The molecule has 176 valence electrons. The van der Waals surface area contributed by atoms with Gasteiger partial charge in [-0.15, -0.1) is 5.10 Å². The van der Waals surface area contributed by atoms with E-state index in [2.05, 4.69) is 15.4 Å². The van der Waals surface area contributed by atoms with E-state index in [1.165, 1.54) is 29.0 Å². The number of benzene rings is 1. The predicted octanol–water partition coefficient (Wildman–Crippen LogP) is 2.78. The minimum atomic E-state index is -0.263. The first-order valence-corrected chi connectivity index (χ1v) is 11.3. The number of urea groups is 1. The fourth-order valence-electron chi connectivity index (χ4n) is 3.70. The highest BCUT2D eigenvalue weighted by Gasteiger charge is 2.24. The maximum atomic E-state index is 12.8. The van der Waals surface area contributed by atoms with Crippen LogP contribution in [0.2, 0.25) is 0 Å². The smallest absolute Gasteiger partial charge is 0.322 e. The third-order valence-corrected chi connectivity index (χ3v) is 6.43. The number of hydrogen-bond donors (Lipinski definition) is 1. The highest BCUT2D eigenvalue weighted by atomic mass is 32.1. The molecule has 0 saturated carbocycles. The standard InChI is InChI=1S/C22H22N6O5S/c1-31-14-5-6-15(17(12-14)32-2)23-21(30)27-9-7-26(8-10-27)18-13-19(29)28-22(24-18)34-20(25-28)16-4-3-11-33-16/h3-6,11-13H,7-10H2,1-2H3,(H,23,30). The number of nitrogens with zero attached hydrogens (tertiary/aromatic N) is 5. The molecule has 0 unspecified atom stereocenters. The molecule has 0 radical (unpaired) electrons. The molecule has 2 amide bonds. The molecule has 4 aromatic rings. The molecule has 34 heavy (non-hydrogen) atoms. The molecular formula is C22H22N6O5S. The van der Waals surface area contributed by atoms with Crippen molar-refractivity contribution in [1.82, 2.24) is 19.5 Å². The van der Waals surface area contributed by atoms with Gasteiger partial charge in [-0.3, -0.25) is 4.79 Å². The molecule has 1 aromatic carbocycles. The quantitative estimate of drug-likeness (QED) is 0.462. The molecule has 0 aliphatic carbocycles. The fraction of sp³-hybridized carbons (Fsp3) is 0.273. The summed E-state index contributed by atoms with van der Waals surface area (Å²) >= 11 is 1.29. The van der Waals surface area contributed by atoms with Crippen LogP contribution in [0.1, 0.15) is 0 Å². The van der Waals surface area contributed by atoms with Crippen molar-refractivity contribution in [2.24, 2.45) is 0 Å². The number of nitrogens with one attached hydrogen (secondary N) is 1. The molecule has 1 aliphatic heterocycles. The van der Waals surface area contributed by atoms with Crippen molar-refractivity contribution in [2.45, 2.75) is 0 Å². The molecule has 0 bridgehead atoms. The van der Waals surface area contributed by atoms with Crippen LogP contribution in [0, 0.1) is 0 Å². The lowest BCUT2D eigenvalue weighted by Crippen LogP contribution is -2.50. The van der Waals surface area contributed by atoms with Crippen molar-refractivity contribution in [3.8, 4) is 22.3 Å². The van der Waals surface area contributed by atoms with Gasteiger partial charge in [0.1, 0.15) is 17.3 Å². The summed E-state index contributed by atoms with van der Waals surface area (Å²) in [6, 6.07) is 10.0. The Balaban J connectivity index is 1.27. The summed E-state index contributed by atoms with van der Waals surface area (Å²) in [5.41, 5.74) is 0.300. The van der Waals surface area contributed by atoms with E-state index in [1.54, 1.807) is 48.6 Å². The minimum absolute atomic E-state index is 0.225. The van der Waals surface area contributed by atoms with E-state index < -0.39 is 0 Å². The monoisotopic (exact) mass is 482 g/mol. The summed E-state index contributed by atoms with van der Waals surface area (Å²) in [6.45, 7) is 2.04. The number of hydrogen-bond acceptors (Lipinski definition) is 9. The van der Waals surface area contributed by atoms with Crippen LogP contribution in [0.25, 0.3) is 15.7 Å². The maximum Gasteiger partial charge on any atom is 0.322 e. The lowest BCUT2D eigenvalue weighted by atomic mass is 10.2. The number of furan rings is 1. The molecule has 3 aromatic heterocycles. The Bertz CT molecular complexity index is 1370. The maximum absolute atomic E-state index is 12.8. The second kappa shape index (κ2) is 9.06. The Hall–Kier alpha value is -4.06. The molecule has 5 rings (SSSR count). The molecule has 12 heteroatoms. The first-order valence-electron chi connectivity index (χ1n) is 10.5. The van der Waals surface area contributed by atoms with Gasteiger partial charge in [0.05, 0.1) is 26.2 Å². The number of fused-ring (bicyclic) bond motifs is 1. The number of amides is 2. The van der Waals surface area contributed by atoms with Crippen LogP contribution in [0.15, 0.2) is 51.9 Å². The van der Waals surface area contributed by atoms with E-state index >= 15 is 0 Å². The summed E-state index contributed by atoms with van der Waals surface area (Å²) in [4.78, 5) is 34.2. The molecular weight excluding hydrogens is 460 g/mol. The largest absolute Gasteiger partial charge is 0.497 e. The highest BCUT2D eigenvalue weighted by Crippen LogP contribution is 2.29. The molecule has 1 fully saturated rings. The van der Waals surface area contributed by atoms with Crippen molar-refractivity contribution in [1.29, 1.82) is 0 Å². The van der Waals surface area contributed by atoms with E-state index in [4.69, 9.17) is 13.9 Å². The number of ether oxygens (including phenoxy) is 2. The zero-order chi connectivity index (χ0) is 23.7. The summed E-state index contributed by atoms with van der Waals surface area (Å²) in [5.74, 6) is 2.31. The van der Waals surface area contributed by atoms with Gasteiger partial charge >= 0.3 is 6.03 Å². The highest BCUT2D eigenvalue weighted by molar-refractivity contribution is 7.19. The van der Waals surface area contributed by atoms with E-state index in [0.29, 0.717) is 64.9 Å². The molecule has 0 atom stereocenters. The summed E-state index contributed by atoms with van der Waals surface area (Å²) < 4.78 is 17.2. The number of carbonyl (C=O) groups excluding carboxylic acids is 1.